The molecule has 5 rings (SSSR count). The van der Waals surface area contributed by atoms with Gasteiger partial charge in [0.2, 0.25) is 5.91 Å². The summed E-state index contributed by atoms with van der Waals surface area (Å²) < 4.78 is 12.4. The van der Waals surface area contributed by atoms with E-state index in [1.165, 1.54) is 18.9 Å². The van der Waals surface area contributed by atoms with Gasteiger partial charge in [-0.2, -0.15) is 0 Å². The lowest BCUT2D eigenvalue weighted by atomic mass is 9.84. The van der Waals surface area contributed by atoms with Crippen molar-refractivity contribution >= 4 is 34.4 Å². The number of anilines is 1. The van der Waals surface area contributed by atoms with Crippen molar-refractivity contribution in [2.75, 3.05) is 25.6 Å². The Bertz CT molecular complexity index is 1380. The number of methoxy groups -OCH3 is 1. The number of esters is 1. The van der Waals surface area contributed by atoms with E-state index in [-0.39, 0.29) is 36.9 Å². The number of carbonyl (C=O) groups is 3. The zero-order valence-electron chi connectivity index (χ0n) is 20.1. The van der Waals surface area contributed by atoms with Crippen molar-refractivity contribution in [3.8, 4) is 5.75 Å². The highest BCUT2D eigenvalue weighted by Crippen LogP contribution is 2.47. The first-order chi connectivity index (χ1) is 16.8. The number of nitrogens with zero attached hydrogens (tertiary/aromatic N) is 2. The van der Waals surface area contributed by atoms with Gasteiger partial charge < -0.3 is 19.4 Å². The van der Waals surface area contributed by atoms with Gasteiger partial charge in [0.05, 0.1) is 24.7 Å². The van der Waals surface area contributed by atoms with E-state index in [0.717, 1.165) is 33.4 Å². The van der Waals surface area contributed by atoms with Crippen molar-refractivity contribution in [1.82, 2.24) is 9.47 Å². The van der Waals surface area contributed by atoms with Crippen molar-refractivity contribution in [3.05, 3.63) is 71.1 Å². The van der Waals surface area contributed by atoms with Crippen LogP contribution in [-0.4, -0.2) is 47.5 Å². The van der Waals surface area contributed by atoms with Crippen LogP contribution in [0.5, 0.6) is 5.75 Å². The highest BCUT2D eigenvalue weighted by atomic mass is 16.6. The van der Waals surface area contributed by atoms with E-state index >= 15 is 0 Å². The average Bonchev–Trinajstić information content (AvgIpc) is 3.34. The molecule has 35 heavy (non-hydrogen) atoms. The molecule has 0 saturated heterocycles. The summed E-state index contributed by atoms with van der Waals surface area (Å²) in [6, 6.07) is 13.7. The number of ether oxygens (including phenoxy) is 2. The predicted molar refractivity (Wildman–Crippen MR) is 131 cm³/mol. The molecule has 0 fully saturated rings. The number of aromatic nitrogens is 1. The summed E-state index contributed by atoms with van der Waals surface area (Å²) in [5, 5.41) is 4.54. The minimum atomic E-state index is -0.464. The molecule has 0 aliphatic carbocycles. The summed E-state index contributed by atoms with van der Waals surface area (Å²) in [5.74, 6) is -0.889. The maximum Gasteiger partial charge on any atom is 0.343 e. The van der Waals surface area contributed by atoms with E-state index in [1.54, 1.807) is 12.1 Å². The van der Waals surface area contributed by atoms with Gasteiger partial charge in [-0.25, -0.2) is 4.79 Å². The van der Waals surface area contributed by atoms with Crippen molar-refractivity contribution < 1.29 is 23.9 Å². The fourth-order valence-electron chi connectivity index (χ4n) is 4.96. The minimum absolute atomic E-state index is 0.185. The lowest BCUT2D eigenvalue weighted by molar-refractivity contribution is -0.143. The molecule has 2 aliphatic heterocycles. The number of hydrogen-bond acceptors (Lipinski definition) is 6. The minimum Gasteiger partial charge on any atom is -0.482 e. The molecule has 3 heterocycles. The van der Waals surface area contributed by atoms with Crippen LogP contribution in [0.15, 0.2) is 59.9 Å². The monoisotopic (exact) mass is 473 g/mol. The normalized spacial score (nSPS) is 16.9. The van der Waals surface area contributed by atoms with E-state index < -0.39 is 5.97 Å². The molecule has 0 radical (unpaired) electrons. The number of hydrogen-bond donors (Lipinski definition) is 1. The van der Waals surface area contributed by atoms with Crippen LogP contribution in [0.25, 0.3) is 10.9 Å². The zero-order valence-corrected chi connectivity index (χ0v) is 20.1. The van der Waals surface area contributed by atoms with Gasteiger partial charge in [-0.1, -0.05) is 18.2 Å². The Kier molecular flexibility index (Phi) is 5.59. The van der Waals surface area contributed by atoms with Gasteiger partial charge in [-0.3, -0.25) is 14.5 Å². The number of rotatable bonds is 5. The van der Waals surface area contributed by atoms with Crippen LogP contribution in [0.1, 0.15) is 43.9 Å². The molecule has 0 unspecified atom stereocenters. The van der Waals surface area contributed by atoms with Crippen molar-refractivity contribution in [2.45, 2.75) is 32.7 Å². The fraction of sp³-hybridized carbons (Fsp3) is 0.296. The Balaban J connectivity index is 1.66. The summed E-state index contributed by atoms with van der Waals surface area (Å²) in [5.41, 5.74) is 5.21. The third-order valence-electron chi connectivity index (χ3n) is 6.62. The molecule has 3 aromatic rings. The second-order valence-corrected chi connectivity index (χ2v) is 9.08. The molecule has 2 aliphatic rings. The largest absolute Gasteiger partial charge is 0.482 e. The maximum absolute atomic E-state index is 13.5. The second kappa shape index (κ2) is 8.61. The number of imide groups is 1. The SMILES string of the molecule is COC(=O)COc1ccc([C@@H]2C3=C(CN(C(C)=O)C3=O)Nc3cccc4c3c2cn4C(C)C)cc1. The third-order valence-corrected chi connectivity index (χ3v) is 6.62. The van der Waals surface area contributed by atoms with Gasteiger partial charge >= 0.3 is 5.97 Å². The second-order valence-electron chi connectivity index (χ2n) is 9.08. The zero-order chi connectivity index (χ0) is 24.9. The first-order valence-electron chi connectivity index (χ1n) is 11.6. The summed E-state index contributed by atoms with van der Waals surface area (Å²) >= 11 is 0. The summed E-state index contributed by atoms with van der Waals surface area (Å²) in [4.78, 5) is 38.5. The van der Waals surface area contributed by atoms with Crippen LogP contribution in [-0.2, 0) is 19.1 Å². The van der Waals surface area contributed by atoms with Crippen LogP contribution in [0.4, 0.5) is 5.69 Å². The molecule has 180 valence electrons. The number of benzene rings is 2. The highest BCUT2D eigenvalue weighted by molar-refractivity contribution is 6.11. The van der Waals surface area contributed by atoms with Crippen LogP contribution in [0.2, 0.25) is 0 Å². The molecular formula is C27H27N3O5. The molecular weight excluding hydrogens is 446 g/mol. The first-order valence-corrected chi connectivity index (χ1v) is 11.6. The van der Waals surface area contributed by atoms with E-state index in [1.807, 2.05) is 24.3 Å². The van der Waals surface area contributed by atoms with Gasteiger partial charge in [0.1, 0.15) is 5.75 Å². The Morgan fingerprint density at radius 1 is 1.14 bits per heavy atom. The average molecular weight is 474 g/mol. The predicted octanol–water partition coefficient (Wildman–Crippen LogP) is 3.97. The number of nitrogens with one attached hydrogen (secondary N) is 1. The van der Waals surface area contributed by atoms with E-state index in [9.17, 15) is 14.4 Å². The standard InChI is InChI=1S/C27H27N3O5/c1-15(2)29-12-19-24(17-8-10-18(11-9-17)35-14-23(32)34-4)26-21(13-30(16(3)31)27(26)33)28-20-6-5-7-22(29)25(19)20/h5-12,15,24,28H,13-14H2,1-4H3/t24-/m0/s1. The molecule has 1 aromatic heterocycles. The molecule has 0 spiro atoms. The number of amides is 2. The fourth-order valence-corrected chi connectivity index (χ4v) is 4.96. The van der Waals surface area contributed by atoms with Gasteiger partial charge in [-0.05, 0) is 49.2 Å². The quantitative estimate of drug-likeness (QED) is 0.564. The summed E-state index contributed by atoms with van der Waals surface area (Å²) in [7, 11) is 1.31. The Morgan fingerprint density at radius 3 is 2.54 bits per heavy atom. The van der Waals surface area contributed by atoms with Crippen molar-refractivity contribution in [1.29, 1.82) is 0 Å². The van der Waals surface area contributed by atoms with E-state index in [4.69, 9.17) is 4.74 Å². The first kappa shape index (κ1) is 22.7. The maximum atomic E-state index is 13.5. The van der Waals surface area contributed by atoms with Crippen molar-refractivity contribution in [3.63, 3.8) is 0 Å². The Morgan fingerprint density at radius 2 is 1.89 bits per heavy atom. The molecule has 8 nitrogen and oxygen atoms in total. The summed E-state index contributed by atoms with van der Waals surface area (Å²) in [6.45, 7) is 5.69. The molecule has 2 aromatic carbocycles. The van der Waals surface area contributed by atoms with Crippen molar-refractivity contribution in [2.24, 2.45) is 0 Å². The summed E-state index contributed by atoms with van der Waals surface area (Å²) in [6.07, 6.45) is 2.12. The Hall–Kier alpha value is -4.07. The molecule has 1 N–H and O–H groups in total. The van der Waals surface area contributed by atoms with Crippen LogP contribution in [0.3, 0.4) is 0 Å². The van der Waals surface area contributed by atoms with E-state index in [2.05, 4.69) is 40.7 Å². The highest BCUT2D eigenvalue weighted by Gasteiger charge is 2.41. The molecule has 0 saturated carbocycles. The molecule has 0 bridgehead atoms. The van der Waals surface area contributed by atoms with Gasteiger partial charge in [0, 0.05) is 41.9 Å². The van der Waals surface area contributed by atoms with Crippen LogP contribution in [0, 0.1) is 0 Å². The van der Waals surface area contributed by atoms with Gasteiger partial charge in [0.15, 0.2) is 6.61 Å². The Labute approximate surface area is 203 Å². The topological polar surface area (TPSA) is 89.9 Å². The third kappa shape index (κ3) is 3.75. The van der Waals surface area contributed by atoms with Gasteiger partial charge in [-0.15, -0.1) is 0 Å². The smallest absolute Gasteiger partial charge is 0.343 e. The lowest BCUT2D eigenvalue weighted by Crippen LogP contribution is -2.33. The van der Waals surface area contributed by atoms with Crippen LogP contribution >= 0.6 is 0 Å². The van der Waals surface area contributed by atoms with Crippen LogP contribution < -0.4 is 10.1 Å². The van der Waals surface area contributed by atoms with Gasteiger partial charge in [0.25, 0.3) is 5.91 Å². The van der Waals surface area contributed by atoms with E-state index in [0.29, 0.717) is 11.3 Å². The number of carbonyl (C=O) groups excluding carboxylic acids is 3. The molecule has 8 heteroatoms. The lowest BCUT2D eigenvalue weighted by Gasteiger charge is -2.20. The molecule has 2 amide bonds. The molecule has 1 atom stereocenters.